The largest absolute Gasteiger partial charge is 0.467 e. The third-order valence-electron chi connectivity index (χ3n) is 4.52. The van der Waals surface area contributed by atoms with Crippen LogP contribution in [-0.2, 0) is 17.8 Å². The molecule has 2 aromatic rings. The number of likely N-dealkylation sites (N-methyl/N-ethyl adjacent to an activating group) is 1. The molecule has 1 aliphatic carbocycles. The number of carbonyl (C=O) groups is 2. The van der Waals surface area contributed by atoms with E-state index in [0.717, 1.165) is 19.3 Å². The van der Waals surface area contributed by atoms with Gasteiger partial charge in [0.05, 0.1) is 19.4 Å². The van der Waals surface area contributed by atoms with Crippen molar-refractivity contribution in [2.75, 3.05) is 13.6 Å². The predicted molar refractivity (Wildman–Crippen MR) is 93.8 cm³/mol. The lowest BCUT2D eigenvalue weighted by Gasteiger charge is -2.32. The Labute approximate surface area is 147 Å². The number of benzene rings is 1. The van der Waals surface area contributed by atoms with E-state index in [1.54, 1.807) is 12.1 Å². The molecule has 25 heavy (non-hydrogen) atoms. The van der Waals surface area contributed by atoms with Crippen molar-refractivity contribution in [3.8, 4) is 0 Å². The second-order valence-electron chi connectivity index (χ2n) is 6.33. The third-order valence-corrected chi connectivity index (χ3v) is 4.52. The van der Waals surface area contributed by atoms with Crippen LogP contribution in [0.25, 0.3) is 0 Å². The molecule has 6 heteroatoms. The van der Waals surface area contributed by atoms with Gasteiger partial charge in [-0.3, -0.25) is 15.0 Å². The van der Waals surface area contributed by atoms with Crippen molar-refractivity contribution < 1.29 is 14.0 Å². The maximum absolute atomic E-state index is 12.1. The zero-order valence-electron chi connectivity index (χ0n) is 14.3. The van der Waals surface area contributed by atoms with Crippen LogP contribution in [0.2, 0.25) is 0 Å². The molecule has 132 valence electrons. The highest BCUT2D eigenvalue weighted by atomic mass is 16.3. The van der Waals surface area contributed by atoms with Crippen LogP contribution in [0.5, 0.6) is 0 Å². The van der Waals surface area contributed by atoms with Crippen LogP contribution in [0.4, 0.5) is 4.79 Å². The van der Waals surface area contributed by atoms with Crippen LogP contribution in [0.15, 0.2) is 47.1 Å². The molecular weight excluding hydrogens is 318 g/mol. The number of nitrogens with one attached hydrogen (secondary N) is 2. The molecule has 1 aliphatic rings. The first-order valence-corrected chi connectivity index (χ1v) is 8.51. The summed E-state index contributed by atoms with van der Waals surface area (Å²) in [7, 11) is 1.92. The summed E-state index contributed by atoms with van der Waals surface area (Å²) in [6, 6.07) is 11.6. The average Bonchev–Trinajstić information content (AvgIpc) is 3.13. The summed E-state index contributed by atoms with van der Waals surface area (Å²) < 4.78 is 5.13. The highest BCUT2D eigenvalue weighted by Crippen LogP contribution is 2.33. The monoisotopic (exact) mass is 341 g/mol. The van der Waals surface area contributed by atoms with Gasteiger partial charge in [0.2, 0.25) is 5.91 Å². The Morgan fingerprint density at radius 2 is 2.08 bits per heavy atom. The molecule has 6 nitrogen and oxygen atoms in total. The number of furan rings is 1. The van der Waals surface area contributed by atoms with Gasteiger partial charge >= 0.3 is 6.03 Å². The van der Waals surface area contributed by atoms with Gasteiger partial charge in [-0.15, -0.1) is 0 Å². The Morgan fingerprint density at radius 3 is 2.88 bits per heavy atom. The lowest BCUT2D eigenvalue weighted by atomic mass is 9.87. The number of nitrogens with zero attached hydrogens (tertiary/aromatic N) is 1. The van der Waals surface area contributed by atoms with Gasteiger partial charge in [-0.05, 0) is 49.6 Å². The fourth-order valence-electron chi connectivity index (χ4n) is 3.31. The van der Waals surface area contributed by atoms with Gasteiger partial charge in [-0.1, -0.05) is 24.3 Å². The quantitative estimate of drug-likeness (QED) is 0.877. The van der Waals surface area contributed by atoms with Crippen molar-refractivity contribution in [1.82, 2.24) is 15.5 Å². The molecule has 3 amide bonds. The Hall–Kier alpha value is -2.60. The Balaban J connectivity index is 1.50. The highest BCUT2D eigenvalue weighted by molar-refractivity contribution is 5.95. The van der Waals surface area contributed by atoms with Gasteiger partial charge in [-0.2, -0.15) is 0 Å². The number of hydrogen-bond acceptors (Lipinski definition) is 4. The first kappa shape index (κ1) is 17.2. The molecular formula is C19H23N3O3. The Bertz CT molecular complexity index is 727. The van der Waals surface area contributed by atoms with E-state index in [1.807, 2.05) is 18.0 Å². The molecule has 0 fully saturated rings. The van der Waals surface area contributed by atoms with E-state index in [1.165, 1.54) is 17.4 Å². The Kier molecular flexibility index (Phi) is 5.50. The molecule has 0 saturated heterocycles. The lowest BCUT2D eigenvalue weighted by Crippen LogP contribution is -2.44. The summed E-state index contributed by atoms with van der Waals surface area (Å²) in [5, 5.41) is 4.97. The molecule has 0 bridgehead atoms. The molecule has 1 aromatic carbocycles. The topological polar surface area (TPSA) is 74.6 Å². The van der Waals surface area contributed by atoms with E-state index >= 15 is 0 Å². The minimum absolute atomic E-state index is 0.174. The summed E-state index contributed by atoms with van der Waals surface area (Å²) in [6.07, 6.45) is 4.75. The van der Waals surface area contributed by atoms with Crippen LogP contribution in [-0.4, -0.2) is 30.4 Å². The molecule has 3 rings (SSSR count). The van der Waals surface area contributed by atoms with Gasteiger partial charge in [0.15, 0.2) is 0 Å². The second kappa shape index (κ2) is 7.98. The Morgan fingerprint density at radius 1 is 1.24 bits per heavy atom. The zero-order valence-corrected chi connectivity index (χ0v) is 14.3. The van der Waals surface area contributed by atoms with E-state index in [-0.39, 0.29) is 25.0 Å². The van der Waals surface area contributed by atoms with Crippen LogP contribution in [0.1, 0.15) is 35.8 Å². The molecule has 0 saturated carbocycles. The standard InChI is InChI=1S/C19H23N3O3/c1-22(17-10-4-7-14-6-2-3-9-16(14)17)13-18(23)21-19(24)20-12-15-8-5-11-25-15/h2-3,5-6,8-9,11,17H,4,7,10,12-13H2,1H3,(H2,20,21,23,24). The number of hydrogen-bond donors (Lipinski definition) is 2. The maximum atomic E-state index is 12.1. The minimum Gasteiger partial charge on any atom is -0.467 e. The number of aryl methyl sites for hydroxylation is 1. The first-order valence-electron chi connectivity index (χ1n) is 8.51. The highest BCUT2D eigenvalue weighted by Gasteiger charge is 2.24. The van der Waals surface area contributed by atoms with Crippen molar-refractivity contribution in [2.45, 2.75) is 31.8 Å². The number of rotatable bonds is 5. The molecule has 1 unspecified atom stereocenters. The molecule has 1 atom stereocenters. The average molecular weight is 341 g/mol. The van der Waals surface area contributed by atoms with E-state index in [0.29, 0.717) is 5.76 Å². The van der Waals surface area contributed by atoms with E-state index in [9.17, 15) is 9.59 Å². The fourth-order valence-corrected chi connectivity index (χ4v) is 3.31. The van der Waals surface area contributed by atoms with E-state index in [4.69, 9.17) is 4.42 Å². The van der Waals surface area contributed by atoms with Crippen LogP contribution >= 0.6 is 0 Å². The molecule has 0 spiro atoms. The lowest BCUT2D eigenvalue weighted by molar-refractivity contribution is -0.121. The fraction of sp³-hybridized carbons (Fsp3) is 0.368. The van der Waals surface area contributed by atoms with Gasteiger partial charge in [-0.25, -0.2) is 4.79 Å². The van der Waals surface area contributed by atoms with Gasteiger partial charge in [0.1, 0.15) is 5.76 Å². The van der Waals surface area contributed by atoms with Crippen LogP contribution < -0.4 is 10.6 Å². The summed E-state index contributed by atoms with van der Waals surface area (Å²) in [4.78, 5) is 26.0. The SMILES string of the molecule is CN(CC(=O)NC(=O)NCc1ccco1)C1CCCc2ccccc21. The van der Waals surface area contributed by atoms with Crippen molar-refractivity contribution in [1.29, 1.82) is 0 Å². The van der Waals surface area contributed by atoms with Crippen LogP contribution in [0.3, 0.4) is 0 Å². The third kappa shape index (κ3) is 4.48. The summed E-state index contributed by atoms with van der Waals surface area (Å²) in [6.45, 7) is 0.422. The van der Waals surface area contributed by atoms with Crippen molar-refractivity contribution in [2.24, 2.45) is 0 Å². The number of carbonyl (C=O) groups excluding carboxylic acids is 2. The normalized spacial score (nSPS) is 16.3. The molecule has 1 heterocycles. The van der Waals surface area contributed by atoms with Crippen molar-refractivity contribution in [3.05, 3.63) is 59.5 Å². The number of amides is 3. The number of urea groups is 1. The molecule has 1 aromatic heterocycles. The van der Waals surface area contributed by atoms with Gasteiger partial charge in [0.25, 0.3) is 0 Å². The minimum atomic E-state index is -0.515. The first-order chi connectivity index (χ1) is 12.1. The van der Waals surface area contributed by atoms with E-state index < -0.39 is 6.03 Å². The molecule has 0 radical (unpaired) electrons. The van der Waals surface area contributed by atoms with E-state index in [2.05, 4.69) is 28.8 Å². The van der Waals surface area contributed by atoms with Crippen LogP contribution in [0, 0.1) is 0 Å². The summed E-state index contributed by atoms with van der Waals surface area (Å²) >= 11 is 0. The molecule has 2 N–H and O–H groups in total. The maximum Gasteiger partial charge on any atom is 0.321 e. The van der Waals surface area contributed by atoms with Crippen molar-refractivity contribution in [3.63, 3.8) is 0 Å². The van der Waals surface area contributed by atoms with Gasteiger partial charge in [0, 0.05) is 6.04 Å². The zero-order chi connectivity index (χ0) is 17.6. The second-order valence-corrected chi connectivity index (χ2v) is 6.33. The number of fused-ring (bicyclic) bond motifs is 1. The number of imide groups is 1. The van der Waals surface area contributed by atoms with Gasteiger partial charge < -0.3 is 9.73 Å². The van der Waals surface area contributed by atoms with Crippen molar-refractivity contribution >= 4 is 11.9 Å². The molecule has 0 aliphatic heterocycles. The smallest absolute Gasteiger partial charge is 0.321 e. The predicted octanol–water partition coefficient (Wildman–Crippen LogP) is 2.61. The summed E-state index contributed by atoms with van der Waals surface area (Å²) in [5.74, 6) is 0.320. The summed E-state index contributed by atoms with van der Waals surface area (Å²) in [5.41, 5.74) is 2.63.